The van der Waals surface area contributed by atoms with Crippen LogP contribution in [0.2, 0.25) is 0 Å². The van der Waals surface area contributed by atoms with Gasteiger partial charge in [0.15, 0.2) is 11.4 Å². The Morgan fingerprint density at radius 3 is 2.08 bits per heavy atom. The average Bonchev–Trinajstić information content (AvgIpc) is 3.11. The van der Waals surface area contributed by atoms with Gasteiger partial charge in [0.2, 0.25) is 5.78 Å². The molecule has 3 aromatic carbocycles. The molecule has 3 aliphatic rings. The number of aliphatic hydroxyl groups is 3. The van der Waals surface area contributed by atoms with Gasteiger partial charge in [-0.15, -0.1) is 0 Å². The third kappa shape index (κ3) is 6.09. The van der Waals surface area contributed by atoms with Crippen LogP contribution in [-0.2, 0) is 43.5 Å². The maximum Gasteiger partial charge on any atom is 0.433 e. The lowest BCUT2D eigenvalue weighted by Gasteiger charge is -2.50. The first-order chi connectivity index (χ1) is 24.7. The van der Waals surface area contributed by atoms with E-state index in [0.29, 0.717) is 11.1 Å². The fourth-order valence-electron chi connectivity index (χ4n) is 7.27. The SMILES string of the molecule is CN(C)[C@@H]1C(=O)C(C(N)=O)=C(O)[C@@]2(O)C(=O)C3=C(O)c4c(O)ccc(N(NC(=O)OCc5ccccc5)C(=O)OCc5ccccc5)c4CC3CC12. The first kappa shape index (κ1) is 35.6. The highest BCUT2D eigenvalue weighted by molar-refractivity contribution is 6.24. The van der Waals surface area contributed by atoms with Crippen molar-refractivity contribution in [1.82, 2.24) is 10.3 Å². The molecule has 3 aromatic rings. The highest BCUT2D eigenvalue weighted by Gasteiger charge is 2.64. The topological polar surface area (TPSA) is 229 Å². The van der Waals surface area contributed by atoms with E-state index in [9.17, 15) is 44.4 Å². The van der Waals surface area contributed by atoms with Gasteiger partial charge in [-0.1, -0.05) is 60.7 Å². The normalized spacial score (nSPS) is 22.3. The van der Waals surface area contributed by atoms with Crippen molar-refractivity contribution in [2.45, 2.75) is 37.7 Å². The number of Topliss-reactive ketones (excluding diaryl/α,β-unsaturated/α-hetero) is 2. The third-order valence-corrected chi connectivity index (χ3v) is 9.62. The lowest BCUT2D eigenvalue weighted by atomic mass is 9.57. The number of rotatable bonds is 7. The molecular formula is C37H36N4O11. The van der Waals surface area contributed by atoms with Gasteiger partial charge in [0, 0.05) is 11.5 Å². The zero-order valence-electron chi connectivity index (χ0n) is 28.1. The smallest absolute Gasteiger partial charge is 0.433 e. The third-order valence-electron chi connectivity index (χ3n) is 9.62. The van der Waals surface area contributed by atoms with Gasteiger partial charge in [0.25, 0.3) is 5.91 Å². The molecule has 3 aliphatic carbocycles. The Morgan fingerprint density at radius 1 is 0.904 bits per heavy atom. The van der Waals surface area contributed by atoms with E-state index in [1.54, 1.807) is 60.7 Å². The van der Waals surface area contributed by atoms with Crippen molar-refractivity contribution in [3.8, 4) is 5.75 Å². The van der Waals surface area contributed by atoms with Crippen molar-refractivity contribution in [3.05, 3.63) is 112 Å². The number of nitrogens with one attached hydrogen (secondary N) is 1. The number of carbonyl (C=O) groups excluding carboxylic acids is 5. The second-order valence-electron chi connectivity index (χ2n) is 13.0. The number of hydrazine groups is 1. The number of carbonyl (C=O) groups is 5. The fraction of sp³-hybridized carbons (Fsp3) is 0.270. The van der Waals surface area contributed by atoms with E-state index in [1.165, 1.54) is 25.1 Å². The number of amides is 3. The Morgan fingerprint density at radius 2 is 1.50 bits per heavy atom. The average molecular weight is 713 g/mol. The zero-order valence-corrected chi connectivity index (χ0v) is 28.1. The minimum Gasteiger partial charge on any atom is -0.508 e. The van der Waals surface area contributed by atoms with E-state index in [-0.39, 0.29) is 48.4 Å². The molecule has 0 aliphatic heterocycles. The van der Waals surface area contributed by atoms with Gasteiger partial charge in [0.1, 0.15) is 36.1 Å². The zero-order chi connectivity index (χ0) is 37.5. The van der Waals surface area contributed by atoms with Crippen molar-refractivity contribution in [2.75, 3.05) is 19.1 Å². The number of hydrogen-bond donors (Lipinski definition) is 6. The number of hydrogen-bond acceptors (Lipinski definition) is 12. The number of ketones is 2. The molecule has 0 heterocycles. The van der Waals surface area contributed by atoms with Crippen LogP contribution in [0.3, 0.4) is 0 Å². The molecular weight excluding hydrogens is 676 g/mol. The quantitative estimate of drug-likeness (QED) is 0.153. The van der Waals surface area contributed by atoms with Gasteiger partial charge in [-0.2, -0.15) is 5.01 Å². The molecule has 1 saturated carbocycles. The number of nitrogens with zero attached hydrogens (tertiary/aromatic N) is 2. The standard InChI is InChI=1S/C37H36N4O11/c1-40(2)29-23-16-21-15-22-24(13-14-25(42)27(22)30(43)26(21)32(45)37(23,50)33(46)28(31(29)44)34(38)47)41(36(49)52-18-20-11-7-4-8-12-20)39-35(48)51-17-19-9-5-3-6-10-19/h3-14,21,23,29,42-43,46,50H,15-18H2,1-2H3,(H2,38,47)(H,39,48)/t21?,23?,29-,37-/m0/s1. The van der Waals surface area contributed by atoms with Crippen LogP contribution in [0.4, 0.5) is 15.3 Å². The van der Waals surface area contributed by atoms with E-state index in [4.69, 9.17) is 15.2 Å². The molecule has 0 bridgehead atoms. The number of likely N-dealkylation sites (N-methyl/N-ethyl adjacent to an activating group) is 1. The molecule has 2 unspecified atom stereocenters. The number of aliphatic hydroxyl groups excluding tert-OH is 2. The van der Waals surface area contributed by atoms with E-state index in [0.717, 1.165) is 11.1 Å². The van der Waals surface area contributed by atoms with Gasteiger partial charge in [-0.05, 0) is 61.7 Å². The Balaban J connectivity index is 1.42. The molecule has 0 radical (unpaired) electrons. The van der Waals surface area contributed by atoms with Crippen molar-refractivity contribution in [2.24, 2.45) is 17.6 Å². The lowest BCUT2D eigenvalue weighted by molar-refractivity contribution is -0.153. The van der Waals surface area contributed by atoms with Gasteiger partial charge in [0.05, 0.1) is 17.3 Å². The summed E-state index contributed by atoms with van der Waals surface area (Å²) in [6, 6.07) is 18.7. The van der Waals surface area contributed by atoms with Crippen LogP contribution in [-0.4, -0.2) is 80.7 Å². The van der Waals surface area contributed by atoms with Gasteiger partial charge < -0.3 is 35.6 Å². The first-order valence-electron chi connectivity index (χ1n) is 16.2. The number of phenolic OH excluding ortho intramolecular Hbond substituents is 1. The second-order valence-corrected chi connectivity index (χ2v) is 13.0. The molecule has 270 valence electrons. The molecule has 7 N–H and O–H groups in total. The van der Waals surface area contributed by atoms with Crippen molar-refractivity contribution < 1.29 is 53.9 Å². The summed E-state index contributed by atoms with van der Waals surface area (Å²) in [6.45, 7) is -0.326. The maximum absolute atomic E-state index is 14.2. The van der Waals surface area contributed by atoms with Crippen LogP contribution in [0.5, 0.6) is 5.75 Å². The van der Waals surface area contributed by atoms with Gasteiger partial charge in [-0.3, -0.25) is 19.3 Å². The Labute approximate surface area is 297 Å². The van der Waals surface area contributed by atoms with E-state index in [1.807, 2.05) is 0 Å². The summed E-state index contributed by atoms with van der Waals surface area (Å²) in [4.78, 5) is 68.1. The van der Waals surface area contributed by atoms with Crippen LogP contribution in [0, 0.1) is 11.8 Å². The summed E-state index contributed by atoms with van der Waals surface area (Å²) in [5.41, 5.74) is 4.70. The van der Waals surface area contributed by atoms with Crippen LogP contribution in [0.25, 0.3) is 5.76 Å². The highest BCUT2D eigenvalue weighted by atomic mass is 16.6. The Kier molecular flexibility index (Phi) is 9.49. The van der Waals surface area contributed by atoms with Crippen LogP contribution >= 0.6 is 0 Å². The molecule has 0 saturated heterocycles. The lowest BCUT2D eigenvalue weighted by Crippen LogP contribution is -2.65. The van der Waals surface area contributed by atoms with E-state index < -0.39 is 76.0 Å². The summed E-state index contributed by atoms with van der Waals surface area (Å²) >= 11 is 0. The van der Waals surface area contributed by atoms with Crippen molar-refractivity contribution in [3.63, 3.8) is 0 Å². The molecule has 3 amide bonds. The molecule has 52 heavy (non-hydrogen) atoms. The first-order valence-corrected chi connectivity index (χ1v) is 16.2. The number of anilines is 1. The predicted molar refractivity (Wildman–Crippen MR) is 183 cm³/mol. The van der Waals surface area contributed by atoms with Crippen LogP contribution in [0.1, 0.15) is 28.7 Å². The molecule has 0 spiro atoms. The summed E-state index contributed by atoms with van der Waals surface area (Å²) in [5.74, 6) is -8.21. The molecule has 15 nitrogen and oxygen atoms in total. The summed E-state index contributed by atoms with van der Waals surface area (Å²) in [6.07, 6.45) is -2.46. The highest BCUT2D eigenvalue weighted by Crippen LogP contribution is 2.53. The maximum atomic E-state index is 14.2. The summed E-state index contributed by atoms with van der Waals surface area (Å²) in [7, 11) is 2.98. The molecule has 4 atom stereocenters. The number of nitrogens with two attached hydrogens (primary N) is 1. The number of benzene rings is 3. The number of primary amides is 1. The molecule has 15 heteroatoms. The number of aromatic hydroxyl groups is 1. The molecule has 1 fully saturated rings. The van der Waals surface area contributed by atoms with E-state index in [2.05, 4.69) is 5.43 Å². The largest absolute Gasteiger partial charge is 0.508 e. The minimum absolute atomic E-state index is 0.0518. The van der Waals surface area contributed by atoms with Crippen LogP contribution < -0.4 is 16.2 Å². The van der Waals surface area contributed by atoms with E-state index >= 15 is 0 Å². The monoisotopic (exact) mass is 712 g/mol. The van der Waals surface area contributed by atoms with Gasteiger partial charge >= 0.3 is 12.2 Å². The fourth-order valence-corrected chi connectivity index (χ4v) is 7.27. The number of fused-ring (bicyclic) bond motifs is 3. The number of phenols is 1. The van der Waals surface area contributed by atoms with Crippen molar-refractivity contribution in [1.29, 1.82) is 0 Å². The summed E-state index contributed by atoms with van der Waals surface area (Å²) in [5, 5.41) is 46.4. The number of ether oxygens (including phenoxy) is 2. The van der Waals surface area contributed by atoms with Crippen LogP contribution in [0.15, 0.2) is 89.7 Å². The second kappa shape index (κ2) is 13.8. The van der Waals surface area contributed by atoms with Crippen molar-refractivity contribution >= 4 is 41.1 Å². The molecule has 6 rings (SSSR count). The van der Waals surface area contributed by atoms with Gasteiger partial charge in [-0.25, -0.2) is 15.0 Å². The Bertz CT molecular complexity index is 2030. The minimum atomic E-state index is -2.82. The summed E-state index contributed by atoms with van der Waals surface area (Å²) < 4.78 is 10.9. The molecule has 0 aromatic heterocycles. The predicted octanol–water partition coefficient (Wildman–Crippen LogP) is 2.95. The Hall–Kier alpha value is -6.19.